The molecule has 2 unspecified atom stereocenters. The van der Waals surface area contributed by atoms with Gasteiger partial charge in [-0.2, -0.15) is 0 Å². The Bertz CT molecular complexity index is 1090. The molecule has 2 saturated carbocycles. The fraction of sp³-hybridized carbons (Fsp3) is 0.655. The lowest BCUT2D eigenvalue weighted by Crippen LogP contribution is -2.65. The molecule has 0 spiro atoms. The number of allylic oxidation sites excluding steroid dienone is 1. The molecule has 0 aromatic carbocycles. The van der Waals surface area contributed by atoms with Crippen molar-refractivity contribution in [2.24, 2.45) is 22.7 Å². The Morgan fingerprint density at radius 3 is 2.39 bits per heavy atom. The second-order valence-corrected chi connectivity index (χ2v) is 11.7. The third kappa shape index (κ3) is 4.86. The van der Waals surface area contributed by atoms with Crippen LogP contribution in [0.5, 0.6) is 0 Å². The molecule has 3 fully saturated rings. The maximum atomic E-state index is 13.4. The first-order valence-corrected chi connectivity index (χ1v) is 13.0. The van der Waals surface area contributed by atoms with Crippen LogP contribution in [0.2, 0.25) is 0 Å². The van der Waals surface area contributed by atoms with E-state index in [4.69, 9.17) is 14.2 Å². The van der Waals surface area contributed by atoms with E-state index in [-0.39, 0.29) is 12.0 Å². The smallest absolute Gasteiger partial charge is 0.333 e. The summed E-state index contributed by atoms with van der Waals surface area (Å²) in [5, 5.41) is 22.7. The fourth-order valence-corrected chi connectivity index (χ4v) is 6.19. The van der Waals surface area contributed by atoms with Gasteiger partial charge in [-0.15, -0.1) is 0 Å². The molecule has 2 aliphatic carbocycles. The summed E-state index contributed by atoms with van der Waals surface area (Å²) in [6.07, 6.45) is -1.59. The number of aliphatic hydroxyl groups is 2. The van der Waals surface area contributed by atoms with Gasteiger partial charge in [0.1, 0.15) is 30.5 Å². The highest BCUT2D eigenvalue weighted by atomic mass is 16.6. The van der Waals surface area contributed by atoms with Crippen LogP contribution in [-0.2, 0) is 33.4 Å². The van der Waals surface area contributed by atoms with Gasteiger partial charge in [0.05, 0.1) is 12.3 Å². The molecule has 0 radical (unpaired) electrons. The van der Waals surface area contributed by atoms with Gasteiger partial charge in [0.15, 0.2) is 5.78 Å². The van der Waals surface area contributed by atoms with Gasteiger partial charge >= 0.3 is 17.9 Å². The molecule has 0 aromatic heterocycles. The van der Waals surface area contributed by atoms with Crippen LogP contribution in [0.4, 0.5) is 0 Å². The molecular formula is C29H40O9. The first-order valence-electron chi connectivity index (χ1n) is 13.0. The number of aliphatic hydroxyl groups excluding tert-OH is 1. The Labute approximate surface area is 223 Å². The zero-order valence-electron chi connectivity index (χ0n) is 23.2. The van der Waals surface area contributed by atoms with Crippen molar-refractivity contribution in [2.45, 2.75) is 91.1 Å². The van der Waals surface area contributed by atoms with E-state index in [2.05, 4.69) is 13.2 Å². The highest BCUT2D eigenvalue weighted by molar-refractivity contribution is 6.01. The fourth-order valence-electron chi connectivity index (χ4n) is 6.19. The number of cyclic esters (lactones) is 1. The third-order valence-corrected chi connectivity index (χ3v) is 8.89. The van der Waals surface area contributed by atoms with E-state index >= 15 is 0 Å². The van der Waals surface area contributed by atoms with Gasteiger partial charge in [-0.1, -0.05) is 52.5 Å². The Morgan fingerprint density at radius 1 is 1.24 bits per heavy atom. The van der Waals surface area contributed by atoms with Crippen LogP contribution in [0.25, 0.3) is 0 Å². The molecule has 0 bridgehead atoms. The summed E-state index contributed by atoms with van der Waals surface area (Å²) in [4.78, 5) is 51.0. The Balaban J connectivity index is 2.15. The first kappa shape index (κ1) is 29.8. The number of carbonyl (C=O) groups is 4. The summed E-state index contributed by atoms with van der Waals surface area (Å²) < 4.78 is 16.8. The van der Waals surface area contributed by atoms with E-state index in [1.165, 1.54) is 0 Å². The van der Waals surface area contributed by atoms with Gasteiger partial charge in [-0.3, -0.25) is 14.4 Å². The van der Waals surface area contributed by atoms with E-state index in [1.807, 2.05) is 0 Å². The SMILES string of the molecule is C=C1CC[C@@H](OC(=O)C(C)C)[C@H]2[C@@]1(C)[C@@H](O)C(=O)C(=C)[C@]2(C)CC(OC(=O)/C(C)=C/C)C1(O)COC(=O)C1. The topological polar surface area (TPSA) is 136 Å². The molecule has 7 atom stereocenters. The maximum Gasteiger partial charge on any atom is 0.333 e. The molecule has 38 heavy (non-hydrogen) atoms. The van der Waals surface area contributed by atoms with Crippen molar-refractivity contribution in [3.05, 3.63) is 36.0 Å². The molecular weight excluding hydrogens is 492 g/mol. The average molecular weight is 533 g/mol. The van der Waals surface area contributed by atoms with Crippen molar-refractivity contribution in [2.75, 3.05) is 6.61 Å². The highest BCUT2D eigenvalue weighted by Gasteiger charge is 2.66. The summed E-state index contributed by atoms with van der Waals surface area (Å²) >= 11 is 0. The van der Waals surface area contributed by atoms with E-state index in [0.29, 0.717) is 24.0 Å². The molecule has 0 aromatic rings. The number of ketones is 1. The Kier molecular flexibility index (Phi) is 8.16. The quantitative estimate of drug-likeness (QED) is 0.219. The number of esters is 3. The largest absolute Gasteiger partial charge is 0.462 e. The monoisotopic (exact) mass is 532 g/mol. The van der Waals surface area contributed by atoms with Crippen LogP contribution in [0.3, 0.4) is 0 Å². The maximum absolute atomic E-state index is 13.4. The Hall–Kier alpha value is -2.78. The summed E-state index contributed by atoms with van der Waals surface area (Å²) in [6.45, 7) is 17.9. The predicted octanol–water partition coefficient (Wildman–Crippen LogP) is 2.98. The number of hydrogen-bond acceptors (Lipinski definition) is 9. The van der Waals surface area contributed by atoms with Crippen LogP contribution in [0, 0.1) is 22.7 Å². The van der Waals surface area contributed by atoms with Crippen molar-refractivity contribution in [3.8, 4) is 0 Å². The standard InChI is InChI=1S/C29H40O9/c1-9-16(4)26(34)38-20(29(35)13-21(30)36-14-29)12-27(7)18(6)22(31)24(32)28(8)17(5)10-11-19(23(27)28)37-25(33)15(2)3/h9,15,19-20,23-24,32,35H,5-6,10-14H2,1-4,7-8H3/b16-9+/t19-,20?,23-,24+,27+,28+,29?/m1/s1. The number of carbonyl (C=O) groups excluding carboxylic acids is 4. The molecule has 1 heterocycles. The van der Waals surface area contributed by atoms with Gasteiger partial charge in [0.2, 0.25) is 0 Å². The molecule has 3 aliphatic rings. The normalized spacial score (nSPS) is 36.6. The summed E-state index contributed by atoms with van der Waals surface area (Å²) in [7, 11) is 0. The molecule has 1 saturated heterocycles. The minimum Gasteiger partial charge on any atom is -0.462 e. The van der Waals surface area contributed by atoms with Crippen LogP contribution in [0.1, 0.15) is 67.2 Å². The highest BCUT2D eigenvalue weighted by Crippen LogP contribution is 2.62. The minimum absolute atomic E-state index is 0.0606. The number of Topliss-reactive ketones (excluding diaryl/α,β-unsaturated/α-hetero) is 1. The number of fused-ring (bicyclic) bond motifs is 1. The predicted molar refractivity (Wildman–Crippen MR) is 137 cm³/mol. The van der Waals surface area contributed by atoms with Crippen molar-refractivity contribution in [1.82, 2.24) is 0 Å². The van der Waals surface area contributed by atoms with E-state index in [0.717, 1.165) is 0 Å². The second-order valence-electron chi connectivity index (χ2n) is 11.7. The van der Waals surface area contributed by atoms with Gasteiger partial charge in [0.25, 0.3) is 0 Å². The van der Waals surface area contributed by atoms with E-state index in [1.54, 1.807) is 47.6 Å². The van der Waals surface area contributed by atoms with Crippen molar-refractivity contribution in [1.29, 1.82) is 0 Å². The van der Waals surface area contributed by atoms with Crippen molar-refractivity contribution in [3.63, 3.8) is 0 Å². The van der Waals surface area contributed by atoms with E-state index < -0.39 is 83.3 Å². The van der Waals surface area contributed by atoms with Crippen LogP contribution in [-0.4, -0.2) is 64.4 Å². The zero-order valence-corrected chi connectivity index (χ0v) is 23.2. The molecule has 210 valence electrons. The van der Waals surface area contributed by atoms with Gasteiger partial charge < -0.3 is 24.4 Å². The van der Waals surface area contributed by atoms with Gasteiger partial charge in [-0.25, -0.2) is 4.79 Å². The first-order chi connectivity index (χ1) is 17.5. The molecule has 2 N–H and O–H groups in total. The number of hydrogen-bond donors (Lipinski definition) is 2. The van der Waals surface area contributed by atoms with Crippen LogP contribution in [0.15, 0.2) is 36.0 Å². The zero-order chi connectivity index (χ0) is 28.8. The average Bonchev–Trinajstić information content (AvgIpc) is 3.22. The van der Waals surface area contributed by atoms with Gasteiger partial charge in [-0.05, 0) is 38.7 Å². The number of rotatable bonds is 7. The van der Waals surface area contributed by atoms with Crippen molar-refractivity contribution >= 4 is 23.7 Å². The Morgan fingerprint density at radius 2 is 1.87 bits per heavy atom. The lowest BCUT2D eigenvalue weighted by molar-refractivity contribution is -0.188. The summed E-state index contributed by atoms with van der Waals surface area (Å²) in [5.41, 5.74) is -3.28. The third-order valence-electron chi connectivity index (χ3n) is 8.89. The van der Waals surface area contributed by atoms with E-state index in [9.17, 15) is 29.4 Å². The summed E-state index contributed by atoms with van der Waals surface area (Å²) in [5.74, 6) is -3.45. The lowest BCUT2D eigenvalue weighted by atomic mass is 9.45. The number of ether oxygens (including phenoxy) is 3. The van der Waals surface area contributed by atoms with Crippen LogP contribution < -0.4 is 0 Å². The molecule has 9 heteroatoms. The van der Waals surface area contributed by atoms with Crippen LogP contribution >= 0.6 is 0 Å². The lowest BCUT2D eigenvalue weighted by Gasteiger charge is -2.60. The minimum atomic E-state index is -1.85. The van der Waals surface area contributed by atoms with Gasteiger partial charge in [0, 0.05) is 22.3 Å². The molecule has 9 nitrogen and oxygen atoms in total. The molecule has 3 rings (SSSR count). The second kappa shape index (κ2) is 10.4. The molecule has 1 aliphatic heterocycles. The summed E-state index contributed by atoms with van der Waals surface area (Å²) in [6, 6.07) is 0. The van der Waals surface area contributed by atoms with Crippen molar-refractivity contribution < 1.29 is 43.6 Å². The molecule has 0 amide bonds.